The molecule has 0 bridgehead atoms. The van der Waals surface area contributed by atoms with Gasteiger partial charge in [-0.1, -0.05) is 36.7 Å². The van der Waals surface area contributed by atoms with Crippen LogP contribution >= 0.6 is 11.6 Å². The Kier molecular flexibility index (Phi) is 7.67. The van der Waals surface area contributed by atoms with Crippen molar-refractivity contribution in [3.8, 4) is 11.5 Å². The van der Waals surface area contributed by atoms with Gasteiger partial charge in [-0.15, -0.1) is 0 Å². The second-order valence-corrected chi connectivity index (χ2v) is 9.44. The van der Waals surface area contributed by atoms with Gasteiger partial charge < -0.3 is 19.7 Å². The van der Waals surface area contributed by atoms with Crippen molar-refractivity contribution in [3.63, 3.8) is 0 Å². The maximum Gasteiger partial charge on any atom is 0.243 e. The fourth-order valence-electron chi connectivity index (χ4n) is 3.65. The van der Waals surface area contributed by atoms with E-state index < -0.39 is 6.04 Å². The first kappa shape index (κ1) is 23.9. The molecule has 172 valence electrons. The SMILES string of the molecule is CC[C@H](C(=O)NC(C)(C)C)N(Cc1ccc(Cl)cc1)C(=O)CCc1ccc2c(c1)OCO2. The standard InChI is InChI=1S/C25H31ClN2O4/c1-5-20(24(30)27-25(2,3)4)28(15-18-6-10-19(26)11-7-18)23(29)13-9-17-8-12-21-22(14-17)32-16-31-21/h6-8,10-12,14,20H,5,9,13,15-16H2,1-4H3,(H,27,30)/t20-/m1/s1. The van der Waals surface area contributed by atoms with Crippen LogP contribution in [0.1, 0.15) is 51.7 Å². The molecule has 32 heavy (non-hydrogen) atoms. The van der Waals surface area contributed by atoms with Crippen molar-refractivity contribution in [1.82, 2.24) is 10.2 Å². The van der Waals surface area contributed by atoms with E-state index in [-0.39, 0.29) is 30.6 Å². The fraction of sp³-hybridized carbons (Fsp3) is 0.440. The molecule has 0 radical (unpaired) electrons. The molecular formula is C25H31ClN2O4. The van der Waals surface area contributed by atoms with Gasteiger partial charge in [0.15, 0.2) is 11.5 Å². The van der Waals surface area contributed by atoms with Gasteiger partial charge in [0.1, 0.15) is 6.04 Å². The van der Waals surface area contributed by atoms with Crippen molar-refractivity contribution in [2.24, 2.45) is 0 Å². The largest absolute Gasteiger partial charge is 0.454 e. The summed E-state index contributed by atoms with van der Waals surface area (Å²) in [5.41, 5.74) is 1.53. The normalized spacial score (nSPS) is 13.5. The van der Waals surface area contributed by atoms with E-state index in [4.69, 9.17) is 21.1 Å². The number of nitrogens with one attached hydrogen (secondary N) is 1. The van der Waals surface area contributed by atoms with Crippen molar-refractivity contribution < 1.29 is 19.1 Å². The van der Waals surface area contributed by atoms with Crippen LogP contribution in [0.2, 0.25) is 5.02 Å². The number of aryl methyl sites for hydroxylation is 1. The summed E-state index contributed by atoms with van der Waals surface area (Å²) in [6.45, 7) is 8.28. The van der Waals surface area contributed by atoms with Gasteiger partial charge in [0.2, 0.25) is 18.6 Å². The molecule has 2 amide bonds. The zero-order chi connectivity index (χ0) is 23.3. The van der Waals surface area contributed by atoms with Gasteiger partial charge in [-0.25, -0.2) is 0 Å². The fourth-order valence-corrected chi connectivity index (χ4v) is 3.78. The molecule has 0 aliphatic carbocycles. The van der Waals surface area contributed by atoms with E-state index in [2.05, 4.69) is 5.32 Å². The molecule has 1 aliphatic heterocycles. The second kappa shape index (κ2) is 10.3. The van der Waals surface area contributed by atoms with Gasteiger partial charge in [-0.3, -0.25) is 9.59 Å². The molecule has 3 rings (SSSR count). The molecule has 1 heterocycles. The number of benzene rings is 2. The minimum absolute atomic E-state index is 0.0754. The van der Waals surface area contributed by atoms with Gasteiger partial charge in [0.05, 0.1) is 0 Å². The number of carbonyl (C=O) groups is 2. The Balaban J connectivity index is 1.77. The zero-order valence-electron chi connectivity index (χ0n) is 19.1. The maximum absolute atomic E-state index is 13.4. The number of halogens is 1. The quantitative estimate of drug-likeness (QED) is 0.621. The molecule has 0 fully saturated rings. The number of nitrogens with zero attached hydrogens (tertiary/aromatic N) is 1. The van der Waals surface area contributed by atoms with Crippen molar-refractivity contribution in [2.45, 2.75) is 65.1 Å². The van der Waals surface area contributed by atoms with E-state index in [1.807, 2.05) is 58.0 Å². The van der Waals surface area contributed by atoms with E-state index in [1.54, 1.807) is 17.0 Å². The van der Waals surface area contributed by atoms with Crippen LogP contribution in [0.5, 0.6) is 11.5 Å². The third-order valence-corrected chi connectivity index (χ3v) is 5.47. The van der Waals surface area contributed by atoms with Crippen LogP contribution in [0.3, 0.4) is 0 Å². The molecule has 7 heteroatoms. The Morgan fingerprint density at radius 2 is 1.72 bits per heavy atom. The van der Waals surface area contributed by atoms with Gasteiger partial charge in [0.25, 0.3) is 0 Å². The summed E-state index contributed by atoms with van der Waals surface area (Å²) in [6.07, 6.45) is 1.35. The van der Waals surface area contributed by atoms with Gasteiger partial charge in [0, 0.05) is 23.5 Å². The van der Waals surface area contributed by atoms with Crippen LogP contribution in [0, 0.1) is 0 Å². The summed E-state index contributed by atoms with van der Waals surface area (Å²) in [5.74, 6) is 1.19. The van der Waals surface area contributed by atoms with Crippen LogP contribution in [-0.2, 0) is 22.6 Å². The third kappa shape index (κ3) is 6.39. The monoisotopic (exact) mass is 458 g/mol. The van der Waals surface area contributed by atoms with E-state index in [0.29, 0.717) is 35.9 Å². The lowest BCUT2D eigenvalue weighted by Gasteiger charge is -2.33. The highest BCUT2D eigenvalue weighted by molar-refractivity contribution is 6.30. The summed E-state index contributed by atoms with van der Waals surface area (Å²) < 4.78 is 10.8. The topological polar surface area (TPSA) is 67.9 Å². The Bertz CT molecular complexity index is 953. The summed E-state index contributed by atoms with van der Waals surface area (Å²) in [7, 11) is 0. The lowest BCUT2D eigenvalue weighted by atomic mass is 10.0. The van der Waals surface area contributed by atoms with Gasteiger partial charge >= 0.3 is 0 Å². The van der Waals surface area contributed by atoms with E-state index >= 15 is 0 Å². The van der Waals surface area contributed by atoms with Crippen molar-refractivity contribution >= 4 is 23.4 Å². The highest BCUT2D eigenvalue weighted by atomic mass is 35.5. The van der Waals surface area contributed by atoms with Crippen LogP contribution in [0.4, 0.5) is 0 Å². The highest BCUT2D eigenvalue weighted by Gasteiger charge is 2.30. The molecule has 2 aromatic rings. The molecule has 0 unspecified atom stereocenters. The summed E-state index contributed by atoms with van der Waals surface area (Å²) in [4.78, 5) is 28.1. The lowest BCUT2D eigenvalue weighted by Crippen LogP contribution is -2.53. The number of carbonyl (C=O) groups excluding carboxylic acids is 2. The molecule has 6 nitrogen and oxygen atoms in total. The Hall–Kier alpha value is -2.73. The molecule has 1 N–H and O–H groups in total. The van der Waals surface area contributed by atoms with Crippen LogP contribution in [0.25, 0.3) is 0 Å². The summed E-state index contributed by atoms with van der Waals surface area (Å²) in [5, 5.41) is 3.65. The number of fused-ring (bicyclic) bond motifs is 1. The maximum atomic E-state index is 13.4. The summed E-state index contributed by atoms with van der Waals surface area (Å²) in [6, 6.07) is 12.5. The first-order chi connectivity index (χ1) is 15.2. The third-order valence-electron chi connectivity index (χ3n) is 5.21. The second-order valence-electron chi connectivity index (χ2n) is 9.00. The molecule has 1 atom stereocenters. The number of hydrogen-bond donors (Lipinski definition) is 1. The molecule has 0 saturated carbocycles. The molecule has 0 saturated heterocycles. The minimum atomic E-state index is -0.561. The molecule has 1 aliphatic rings. The van der Waals surface area contributed by atoms with Gasteiger partial charge in [-0.2, -0.15) is 0 Å². The zero-order valence-corrected chi connectivity index (χ0v) is 19.9. The first-order valence-electron chi connectivity index (χ1n) is 10.9. The minimum Gasteiger partial charge on any atom is -0.454 e. The van der Waals surface area contributed by atoms with Crippen LogP contribution < -0.4 is 14.8 Å². The summed E-state index contributed by atoms with van der Waals surface area (Å²) >= 11 is 6.02. The number of rotatable bonds is 8. The average Bonchev–Trinajstić information content (AvgIpc) is 3.20. The Labute approximate surface area is 194 Å². The van der Waals surface area contributed by atoms with Crippen LogP contribution in [0.15, 0.2) is 42.5 Å². The number of hydrogen-bond acceptors (Lipinski definition) is 4. The molecule has 0 spiro atoms. The van der Waals surface area contributed by atoms with Crippen molar-refractivity contribution in [2.75, 3.05) is 6.79 Å². The molecular weight excluding hydrogens is 428 g/mol. The Morgan fingerprint density at radius 3 is 2.38 bits per heavy atom. The predicted octanol–water partition coefficient (Wildman–Crippen LogP) is 4.72. The smallest absolute Gasteiger partial charge is 0.243 e. The van der Waals surface area contributed by atoms with E-state index in [0.717, 1.165) is 11.1 Å². The number of ether oxygens (including phenoxy) is 2. The van der Waals surface area contributed by atoms with E-state index in [1.165, 1.54) is 0 Å². The average molecular weight is 459 g/mol. The predicted molar refractivity (Wildman–Crippen MR) is 125 cm³/mol. The lowest BCUT2D eigenvalue weighted by molar-refractivity contribution is -0.142. The Morgan fingerprint density at radius 1 is 1.06 bits per heavy atom. The molecule has 2 aromatic carbocycles. The van der Waals surface area contributed by atoms with Crippen molar-refractivity contribution in [3.05, 3.63) is 58.6 Å². The van der Waals surface area contributed by atoms with Crippen LogP contribution in [-0.4, -0.2) is 35.1 Å². The molecule has 0 aromatic heterocycles. The first-order valence-corrected chi connectivity index (χ1v) is 11.3. The number of amides is 2. The van der Waals surface area contributed by atoms with Gasteiger partial charge in [-0.05, 0) is 69.0 Å². The highest BCUT2D eigenvalue weighted by Crippen LogP contribution is 2.32. The van der Waals surface area contributed by atoms with E-state index in [9.17, 15) is 9.59 Å². The van der Waals surface area contributed by atoms with Crippen molar-refractivity contribution in [1.29, 1.82) is 0 Å².